The lowest BCUT2D eigenvalue weighted by molar-refractivity contribution is 0.253. The van der Waals surface area contributed by atoms with E-state index in [9.17, 15) is 4.79 Å². The molecule has 0 atom stereocenters. The second kappa shape index (κ2) is 8.63. The maximum absolute atomic E-state index is 12.1. The molecule has 3 aromatic rings. The number of nitrogens with zero attached hydrogens (tertiary/aromatic N) is 3. The van der Waals surface area contributed by atoms with E-state index in [-0.39, 0.29) is 18.2 Å². The molecule has 2 amide bonds. The predicted molar refractivity (Wildman–Crippen MR) is 112 cm³/mol. The van der Waals surface area contributed by atoms with Gasteiger partial charge in [-0.3, -0.25) is 4.90 Å². The molecule has 0 aliphatic heterocycles. The number of anilines is 3. The van der Waals surface area contributed by atoms with Crippen molar-refractivity contribution in [2.75, 3.05) is 23.5 Å². The summed E-state index contributed by atoms with van der Waals surface area (Å²) in [6.07, 6.45) is 1.28. The lowest BCUT2D eigenvalue weighted by Gasteiger charge is -2.21. The van der Waals surface area contributed by atoms with Crippen molar-refractivity contribution in [3.05, 3.63) is 71.5 Å². The first-order valence-corrected chi connectivity index (χ1v) is 8.66. The van der Waals surface area contributed by atoms with E-state index in [2.05, 4.69) is 21.8 Å². The number of carbonyl (C=O) groups is 1. The van der Waals surface area contributed by atoms with Crippen LogP contribution in [-0.4, -0.2) is 23.1 Å². The number of amides is 2. The third-order valence-electron chi connectivity index (χ3n) is 4.14. The van der Waals surface area contributed by atoms with Crippen molar-refractivity contribution in [2.24, 2.45) is 5.73 Å². The second-order valence-corrected chi connectivity index (χ2v) is 6.10. The van der Waals surface area contributed by atoms with E-state index >= 15 is 0 Å². The number of nitrogens with two attached hydrogens (primary N) is 3. The van der Waals surface area contributed by atoms with E-state index < -0.39 is 6.03 Å². The van der Waals surface area contributed by atoms with Crippen LogP contribution in [0.3, 0.4) is 0 Å². The number of aromatic nitrogens is 2. The largest absolute Gasteiger partial charge is 0.497 e. The minimum absolute atomic E-state index is 0.206. The number of nitrogen functional groups attached to an aromatic ring is 2. The van der Waals surface area contributed by atoms with Crippen LogP contribution in [0, 0.1) is 11.8 Å². The molecule has 3 rings (SSSR count). The fourth-order valence-electron chi connectivity index (χ4n) is 2.68. The topological polar surface area (TPSA) is 133 Å². The molecule has 0 unspecified atom stereocenters. The summed E-state index contributed by atoms with van der Waals surface area (Å²) in [5.74, 6) is 6.97. The Morgan fingerprint density at radius 1 is 1.07 bits per heavy atom. The molecule has 1 aromatic heterocycles. The number of urea groups is 1. The molecule has 0 radical (unpaired) electrons. The van der Waals surface area contributed by atoms with Crippen molar-refractivity contribution in [1.29, 1.82) is 0 Å². The summed E-state index contributed by atoms with van der Waals surface area (Å²) >= 11 is 0. The Hall–Kier alpha value is -4.25. The molecule has 0 spiro atoms. The smallest absolute Gasteiger partial charge is 0.319 e. The fraction of sp³-hybridized carbons (Fsp3) is 0.0952. The normalized spacial score (nSPS) is 9.97. The first-order valence-electron chi connectivity index (χ1n) is 8.66. The quantitative estimate of drug-likeness (QED) is 0.586. The van der Waals surface area contributed by atoms with E-state index in [1.165, 1.54) is 11.2 Å². The number of hydrogen-bond acceptors (Lipinski definition) is 6. The number of rotatable bonds is 4. The Morgan fingerprint density at radius 3 is 2.48 bits per heavy atom. The zero-order valence-electron chi connectivity index (χ0n) is 15.8. The average molecular weight is 388 g/mol. The maximum Gasteiger partial charge on any atom is 0.319 e. The molecule has 0 fully saturated rings. The number of benzene rings is 2. The van der Waals surface area contributed by atoms with Gasteiger partial charge in [0, 0.05) is 11.3 Å². The lowest BCUT2D eigenvalue weighted by atomic mass is 10.1. The molecular weight excluding hydrogens is 368 g/mol. The van der Waals surface area contributed by atoms with Crippen molar-refractivity contribution in [3.63, 3.8) is 0 Å². The molecule has 8 nitrogen and oxygen atoms in total. The Morgan fingerprint density at radius 2 is 1.79 bits per heavy atom. The summed E-state index contributed by atoms with van der Waals surface area (Å²) in [5, 5.41) is 0. The van der Waals surface area contributed by atoms with Crippen molar-refractivity contribution in [2.45, 2.75) is 6.54 Å². The lowest BCUT2D eigenvalue weighted by Crippen LogP contribution is -2.35. The van der Waals surface area contributed by atoms with Gasteiger partial charge in [0.05, 0.1) is 13.7 Å². The summed E-state index contributed by atoms with van der Waals surface area (Å²) < 4.78 is 5.23. The van der Waals surface area contributed by atoms with Crippen molar-refractivity contribution >= 4 is 23.4 Å². The standard InChI is InChI=1S/C21H20N6O2/c1-29-17-7-3-5-15(11-17)12-27(21(24)28)16-6-2-4-14(10-16)8-9-18-19(22)25-13-26-20(18)23/h2-7,10-11,13H,12H2,1H3,(H2,24,28)(H4,22,23,25,26). The Bertz CT molecular complexity index is 1080. The molecule has 146 valence electrons. The molecular formula is C21H20N6O2. The Labute approximate surface area is 168 Å². The average Bonchev–Trinajstić information content (AvgIpc) is 2.72. The van der Waals surface area contributed by atoms with E-state index in [1.807, 2.05) is 24.3 Å². The van der Waals surface area contributed by atoms with Crippen LogP contribution >= 0.6 is 0 Å². The van der Waals surface area contributed by atoms with Gasteiger partial charge < -0.3 is 21.9 Å². The van der Waals surface area contributed by atoms with E-state index in [0.717, 1.165) is 5.56 Å². The molecule has 0 saturated carbocycles. The van der Waals surface area contributed by atoms with Gasteiger partial charge in [-0.25, -0.2) is 14.8 Å². The highest BCUT2D eigenvalue weighted by molar-refractivity contribution is 5.90. The predicted octanol–water partition coefficient (Wildman–Crippen LogP) is 2.13. The van der Waals surface area contributed by atoms with Gasteiger partial charge >= 0.3 is 6.03 Å². The van der Waals surface area contributed by atoms with Crippen LogP contribution < -0.4 is 26.8 Å². The molecule has 29 heavy (non-hydrogen) atoms. The van der Waals surface area contributed by atoms with Gasteiger partial charge in [-0.15, -0.1) is 0 Å². The van der Waals surface area contributed by atoms with Gasteiger partial charge in [0.25, 0.3) is 0 Å². The second-order valence-electron chi connectivity index (χ2n) is 6.10. The zero-order valence-corrected chi connectivity index (χ0v) is 15.8. The van der Waals surface area contributed by atoms with Gasteiger partial charge in [-0.1, -0.05) is 30.0 Å². The third-order valence-corrected chi connectivity index (χ3v) is 4.14. The fourth-order valence-corrected chi connectivity index (χ4v) is 2.68. The van der Waals surface area contributed by atoms with Gasteiger partial charge in [0.1, 0.15) is 29.3 Å². The molecule has 0 saturated heterocycles. The molecule has 8 heteroatoms. The monoisotopic (exact) mass is 388 g/mol. The van der Waals surface area contributed by atoms with Crippen LogP contribution in [0.4, 0.5) is 22.1 Å². The minimum Gasteiger partial charge on any atom is -0.497 e. The van der Waals surface area contributed by atoms with Crippen molar-refractivity contribution < 1.29 is 9.53 Å². The van der Waals surface area contributed by atoms with Crippen molar-refractivity contribution in [1.82, 2.24) is 9.97 Å². The molecule has 0 bridgehead atoms. The number of primary amides is 1. The summed E-state index contributed by atoms with van der Waals surface area (Å²) in [7, 11) is 1.59. The van der Waals surface area contributed by atoms with Crippen LogP contribution in [0.15, 0.2) is 54.9 Å². The number of hydrogen-bond donors (Lipinski definition) is 3. The van der Waals surface area contributed by atoms with Crippen LogP contribution in [0.2, 0.25) is 0 Å². The number of methoxy groups -OCH3 is 1. The number of carbonyl (C=O) groups excluding carboxylic acids is 1. The summed E-state index contributed by atoms with van der Waals surface area (Å²) in [4.78, 5) is 21.3. The summed E-state index contributed by atoms with van der Waals surface area (Å²) in [5.41, 5.74) is 19.7. The van der Waals surface area contributed by atoms with Crippen molar-refractivity contribution in [3.8, 4) is 17.6 Å². The highest BCUT2D eigenvalue weighted by Gasteiger charge is 2.14. The van der Waals surface area contributed by atoms with Crippen LogP contribution in [-0.2, 0) is 6.54 Å². The number of ether oxygens (including phenoxy) is 1. The Kier molecular flexibility index (Phi) is 5.80. The molecule has 0 aliphatic rings. The highest BCUT2D eigenvalue weighted by Crippen LogP contribution is 2.21. The van der Waals surface area contributed by atoms with Crippen LogP contribution in [0.5, 0.6) is 5.75 Å². The van der Waals surface area contributed by atoms with Gasteiger partial charge in [-0.05, 0) is 35.9 Å². The molecule has 2 aromatic carbocycles. The van der Waals surface area contributed by atoms with E-state index in [0.29, 0.717) is 22.6 Å². The maximum atomic E-state index is 12.1. The first-order chi connectivity index (χ1) is 14.0. The highest BCUT2D eigenvalue weighted by atomic mass is 16.5. The van der Waals surface area contributed by atoms with E-state index in [4.69, 9.17) is 21.9 Å². The van der Waals surface area contributed by atoms with Gasteiger partial charge in [0.2, 0.25) is 0 Å². The molecule has 0 aliphatic carbocycles. The molecule has 6 N–H and O–H groups in total. The SMILES string of the molecule is COc1cccc(CN(C(N)=O)c2cccc(C#Cc3c(N)ncnc3N)c2)c1. The molecule has 1 heterocycles. The van der Waals surface area contributed by atoms with Crippen LogP contribution in [0.1, 0.15) is 16.7 Å². The zero-order chi connectivity index (χ0) is 20.8. The minimum atomic E-state index is -0.581. The van der Waals surface area contributed by atoms with Gasteiger partial charge in [-0.2, -0.15) is 0 Å². The summed E-state index contributed by atoms with van der Waals surface area (Å²) in [6, 6.07) is 14.0. The van der Waals surface area contributed by atoms with Crippen LogP contribution in [0.25, 0.3) is 0 Å². The first kappa shape index (κ1) is 19.5. The van der Waals surface area contributed by atoms with E-state index in [1.54, 1.807) is 31.4 Å². The summed E-state index contributed by atoms with van der Waals surface area (Å²) in [6.45, 7) is 0.288. The third kappa shape index (κ3) is 4.73. The Balaban J connectivity index is 1.90. The van der Waals surface area contributed by atoms with Gasteiger partial charge in [0.15, 0.2) is 0 Å².